The summed E-state index contributed by atoms with van der Waals surface area (Å²) >= 11 is 0. The number of nitriles is 1. The van der Waals surface area contributed by atoms with E-state index in [1.807, 2.05) is 55.5 Å². The Morgan fingerprint density at radius 2 is 2.02 bits per heavy atom. The number of ketones is 2. The Kier molecular flexibility index (Phi) is 5.39. The monoisotopic (exact) mass is 542 g/mol. The highest BCUT2D eigenvalue weighted by molar-refractivity contribution is 5.94. The van der Waals surface area contributed by atoms with Crippen LogP contribution in [-0.4, -0.2) is 45.1 Å². The smallest absolute Gasteiger partial charge is 0.202 e. The third-order valence-corrected chi connectivity index (χ3v) is 10.9. The maximum atomic E-state index is 17.5. The fourth-order valence-corrected chi connectivity index (χ4v) is 8.91. The summed E-state index contributed by atoms with van der Waals surface area (Å²) in [6.45, 7) is 3.65. The van der Waals surface area contributed by atoms with Crippen molar-refractivity contribution in [1.29, 1.82) is 5.26 Å². The van der Waals surface area contributed by atoms with Crippen LogP contribution in [-0.2, 0) is 19.1 Å². The molecule has 1 unspecified atom stereocenters. The van der Waals surface area contributed by atoms with Crippen LogP contribution in [0.25, 0.3) is 10.9 Å². The lowest BCUT2D eigenvalue weighted by molar-refractivity contribution is -0.227. The number of benzene rings is 1. The second-order valence-electron chi connectivity index (χ2n) is 12.5. The molecule has 7 rings (SSSR count). The number of fused-ring (bicyclic) bond motifs is 8. The van der Waals surface area contributed by atoms with Gasteiger partial charge in [-0.2, -0.15) is 5.26 Å². The Morgan fingerprint density at radius 3 is 2.83 bits per heavy atom. The van der Waals surface area contributed by atoms with E-state index in [0.717, 1.165) is 10.9 Å². The molecule has 5 aliphatic rings. The zero-order valence-corrected chi connectivity index (χ0v) is 22.5. The fourth-order valence-electron chi connectivity index (χ4n) is 8.91. The van der Waals surface area contributed by atoms with Crippen molar-refractivity contribution in [3.63, 3.8) is 0 Å². The van der Waals surface area contributed by atoms with E-state index in [9.17, 15) is 20.0 Å². The minimum absolute atomic E-state index is 0.0375. The number of carbonyl (C=O) groups is 2. The number of nitrogens with zero attached hydrogens (tertiary/aromatic N) is 2. The molecule has 1 aliphatic heterocycles. The highest BCUT2D eigenvalue weighted by atomic mass is 19.1. The lowest BCUT2D eigenvalue weighted by Gasteiger charge is -2.62. The number of ether oxygens (including phenoxy) is 2. The third-order valence-electron chi connectivity index (χ3n) is 10.9. The number of hydrogen-bond donors (Lipinski definition) is 1. The lowest BCUT2D eigenvalue weighted by atomic mass is 9.45. The van der Waals surface area contributed by atoms with Crippen molar-refractivity contribution >= 4 is 22.5 Å². The Bertz CT molecular complexity index is 1560. The number of halogens is 1. The first-order chi connectivity index (χ1) is 19.1. The highest BCUT2D eigenvalue weighted by Gasteiger charge is 2.79. The van der Waals surface area contributed by atoms with Crippen LogP contribution in [0.2, 0.25) is 0 Å². The summed E-state index contributed by atoms with van der Waals surface area (Å²) in [6.07, 6.45) is 2.32. The van der Waals surface area contributed by atoms with Gasteiger partial charge in [0.25, 0.3) is 0 Å². The third kappa shape index (κ3) is 3.01. The number of aliphatic hydroxyl groups excluding tert-OH is 1. The van der Waals surface area contributed by atoms with Crippen molar-refractivity contribution in [3.05, 3.63) is 65.9 Å². The topological polar surface area (TPSA) is 110 Å². The normalized spacial score (nSPS) is 43.3. The molecule has 0 radical (unpaired) electrons. The average molecular weight is 543 g/mol. The highest BCUT2D eigenvalue weighted by Crippen LogP contribution is 2.72. The van der Waals surface area contributed by atoms with Gasteiger partial charge in [-0.3, -0.25) is 9.59 Å². The SMILES string of the molecule is C[C@]12C=CC(=O)CC1=CC[C@H]1[C@@H]3C[C@H]4OC(c5ccc6ccccc6n5)O[C@@]4(C(=O)CC#N)[C@@]3(C)C[C@H](O)[C@@]12F. The van der Waals surface area contributed by atoms with Crippen LogP contribution in [0.4, 0.5) is 4.39 Å². The van der Waals surface area contributed by atoms with Gasteiger partial charge in [0.1, 0.15) is 0 Å². The molecule has 3 fully saturated rings. The van der Waals surface area contributed by atoms with Gasteiger partial charge in [-0.15, -0.1) is 0 Å². The lowest BCUT2D eigenvalue weighted by Crippen LogP contribution is -2.69. The number of aromatic nitrogens is 1. The Hall–Kier alpha value is -3.25. The number of rotatable bonds is 3. The van der Waals surface area contributed by atoms with Crippen molar-refractivity contribution in [3.8, 4) is 6.07 Å². The van der Waals surface area contributed by atoms with E-state index in [-0.39, 0.29) is 31.0 Å². The first-order valence-corrected chi connectivity index (χ1v) is 14.0. The molecule has 9 atom stereocenters. The second kappa shape index (κ2) is 8.39. The van der Waals surface area contributed by atoms with Crippen LogP contribution >= 0.6 is 0 Å². The summed E-state index contributed by atoms with van der Waals surface area (Å²) in [7, 11) is 0. The van der Waals surface area contributed by atoms with Crippen molar-refractivity contribution in [1.82, 2.24) is 4.98 Å². The van der Waals surface area contributed by atoms with Gasteiger partial charge in [0, 0.05) is 28.6 Å². The van der Waals surface area contributed by atoms with Crippen molar-refractivity contribution in [2.24, 2.45) is 22.7 Å². The molecular weight excluding hydrogens is 511 g/mol. The van der Waals surface area contributed by atoms with Gasteiger partial charge in [-0.1, -0.05) is 48.9 Å². The molecule has 2 saturated carbocycles. The van der Waals surface area contributed by atoms with Crippen molar-refractivity contribution in [2.45, 2.75) is 75.7 Å². The van der Waals surface area contributed by atoms with E-state index >= 15 is 4.39 Å². The van der Waals surface area contributed by atoms with Crippen molar-refractivity contribution in [2.75, 3.05) is 0 Å². The maximum Gasteiger partial charge on any atom is 0.202 e. The quantitative estimate of drug-likeness (QED) is 0.552. The Morgan fingerprint density at radius 1 is 1.23 bits per heavy atom. The predicted octanol–water partition coefficient (Wildman–Crippen LogP) is 4.85. The van der Waals surface area contributed by atoms with E-state index in [4.69, 9.17) is 14.5 Å². The number of hydrogen-bond acceptors (Lipinski definition) is 7. The molecule has 2 heterocycles. The summed E-state index contributed by atoms with van der Waals surface area (Å²) in [4.78, 5) is 30.8. The summed E-state index contributed by atoms with van der Waals surface area (Å²) in [5.74, 6) is -1.48. The van der Waals surface area contributed by atoms with Gasteiger partial charge in [0.15, 0.2) is 22.8 Å². The molecule has 0 amide bonds. The van der Waals surface area contributed by atoms with E-state index in [2.05, 4.69) is 0 Å². The molecule has 1 aromatic carbocycles. The molecule has 0 spiro atoms. The van der Waals surface area contributed by atoms with Gasteiger partial charge in [-0.25, -0.2) is 9.37 Å². The molecule has 1 N–H and O–H groups in total. The standard InChI is InChI=1S/C32H31FN2O5/c1-29-13-11-20(36)15-19(29)8-9-21-22-16-27-32(25(37)12-14-34,30(22,2)17-26(38)31(21,29)33)40-28(39-27)24-10-7-18-5-3-4-6-23(18)35-24/h3-8,10-11,13,21-22,26-28,38H,9,12,15-17H2,1-2H3/t21-,22-,26-,27+,28?,29-,30-,31-,32+/m0/s1. The van der Waals surface area contributed by atoms with E-state index < -0.39 is 52.3 Å². The van der Waals surface area contributed by atoms with Gasteiger partial charge >= 0.3 is 0 Å². The molecule has 8 heteroatoms. The van der Waals surface area contributed by atoms with E-state index in [0.29, 0.717) is 24.1 Å². The number of pyridine rings is 1. The number of allylic oxidation sites excluding steroid dienone is 4. The Labute approximate surface area is 231 Å². The molecule has 1 aromatic heterocycles. The zero-order valence-electron chi connectivity index (χ0n) is 22.5. The number of aliphatic hydroxyl groups is 1. The minimum atomic E-state index is -2.03. The van der Waals surface area contributed by atoms with Crippen LogP contribution in [0.3, 0.4) is 0 Å². The largest absolute Gasteiger partial charge is 0.390 e. The first-order valence-electron chi connectivity index (χ1n) is 14.0. The van der Waals surface area contributed by atoms with E-state index in [1.54, 1.807) is 13.0 Å². The maximum absolute atomic E-state index is 17.5. The Balaban J connectivity index is 1.31. The van der Waals surface area contributed by atoms with Gasteiger partial charge in [0.2, 0.25) is 6.29 Å². The zero-order chi connectivity index (χ0) is 28.1. The van der Waals surface area contributed by atoms with Gasteiger partial charge in [-0.05, 0) is 50.3 Å². The molecule has 4 aliphatic carbocycles. The van der Waals surface area contributed by atoms with Gasteiger partial charge in [0.05, 0.1) is 35.9 Å². The molecule has 40 heavy (non-hydrogen) atoms. The summed E-state index contributed by atoms with van der Waals surface area (Å²) in [5.41, 5.74) is -3.71. The number of Topliss-reactive ketones (excluding diaryl/α,β-unsaturated/α-hetero) is 1. The number of carbonyl (C=O) groups excluding carboxylic acids is 2. The number of alkyl halides is 1. The summed E-state index contributed by atoms with van der Waals surface area (Å²) in [5, 5.41) is 22.2. The molecule has 0 bridgehead atoms. The second-order valence-corrected chi connectivity index (χ2v) is 12.5. The molecule has 2 aromatic rings. The molecule has 1 saturated heterocycles. The number of para-hydroxylation sites is 1. The van der Waals surface area contributed by atoms with E-state index in [1.165, 1.54) is 6.08 Å². The van der Waals surface area contributed by atoms with Gasteiger partial charge < -0.3 is 14.6 Å². The fraction of sp³-hybridized carbons (Fsp3) is 0.500. The minimum Gasteiger partial charge on any atom is -0.390 e. The van der Waals surface area contributed by atoms with Crippen LogP contribution in [0, 0.1) is 34.0 Å². The average Bonchev–Trinajstić information content (AvgIpc) is 3.43. The molecular formula is C32H31FN2O5. The summed E-state index contributed by atoms with van der Waals surface area (Å²) < 4.78 is 30.6. The first kappa shape index (κ1) is 25.7. The van der Waals surface area contributed by atoms with Crippen LogP contribution in [0.1, 0.15) is 57.9 Å². The summed E-state index contributed by atoms with van der Waals surface area (Å²) in [6, 6.07) is 13.4. The van der Waals surface area contributed by atoms with Crippen LogP contribution < -0.4 is 0 Å². The van der Waals surface area contributed by atoms with Crippen molar-refractivity contribution < 1.29 is 28.6 Å². The molecule has 7 nitrogen and oxygen atoms in total. The van der Waals surface area contributed by atoms with Crippen LogP contribution in [0.15, 0.2) is 60.2 Å². The molecule has 206 valence electrons. The predicted molar refractivity (Wildman–Crippen MR) is 142 cm³/mol. The van der Waals surface area contributed by atoms with Crippen LogP contribution in [0.5, 0.6) is 0 Å².